The summed E-state index contributed by atoms with van der Waals surface area (Å²) >= 11 is 5.52. The van der Waals surface area contributed by atoms with Crippen molar-refractivity contribution in [3.63, 3.8) is 0 Å². The maximum Gasteiger partial charge on any atom is 0.150 e. The zero-order chi connectivity index (χ0) is 5.28. The van der Waals surface area contributed by atoms with Gasteiger partial charge in [-0.2, -0.15) is 0 Å². The first-order valence-electron chi connectivity index (χ1n) is 2.02. The van der Waals surface area contributed by atoms with E-state index in [-0.39, 0.29) is 11.7 Å². The number of nitrogens with one attached hydrogen (secondary N) is 2. The third kappa shape index (κ3) is 0.860. The fraction of sp³-hybridized carbons (Fsp3) is 1.00. The lowest BCUT2D eigenvalue weighted by Gasteiger charge is -2.32. The topological polar surface area (TPSA) is 33.3 Å². The lowest BCUT2D eigenvalue weighted by Crippen LogP contribution is -2.65. The van der Waals surface area contributed by atoms with Gasteiger partial charge < -0.3 is 4.74 Å². The SMILES string of the molecule is CO[C@@H]1NNC1Cl. The van der Waals surface area contributed by atoms with Crippen molar-refractivity contribution in [1.82, 2.24) is 10.9 Å². The molecule has 0 aliphatic carbocycles. The van der Waals surface area contributed by atoms with E-state index >= 15 is 0 Å². The Kier molecular flexibility index (Phi) is 1.49. The molecule has 1 unspecified atom stereocenters. The number of alkyl halides is 1. The van der Waals surface area contributed by atoms with Crippen LogP contribution in [0.15, 0.2) is 0 Å². The van der Waals surface area contributed by atoms with E-state index in [1.807, 2.05) is 0 Å². The summed E-state index contributed by atoms with van der Waals surface area (Å²) in [6.45, 7) is 0. The molecular formula is C3H7ClN2O. The molecule has 1 rings (SSSR count). The van der Waals surface area contributed by atoms with E-state index < -0.39 is 0 Å². The van der Waals surface area contributed by atoms with Gasteiger partial charge in [-0.05, 0) is 0 Å². The Hall–Kier alpha value is 0.170. The molecule has 1 saturated heterocycles. The van der Waals surface area contributed by atoms with Crippen molar-refractivity contribution in [3.8, 4) is 0 Å². The zero-order valence-corrected chi connectivity index (χ0v) is 4.70. The molecule has 1 heterocycles. The van der Waals surface area contributed by atoms with Gasteiger partial charge >= 0.3 is 0 Å². The fourth-order valence-electron chi connectivity index (χ4n) is 0.393. The number of methoxy groups -OCH3 is 1. The number of halogens is 1. The summed E-state index contributed by atoms with van der Waals surface area (Å²) in [5.41, 5.74) is 5.38. The molecule has 1 aliphatic rings. The van der Waals surface area contributed by atoms with Gasteiger partial charge in [0.1, 0.15) is 5.50 Å². The molecule has 4 heteroatoms. The lowest BCUT2D eigenvalue weighted by molar-refractivity contribution is -0.0107. The summed E-state index contributed by atoms with van der Waals surface area (Å²) in [5.74, 6) is 0. The van der Waals surface area contributed by atoms with E-state index in [9.17, 15) is 0 Å². The number of hydrogen-bond donors (Lipinski definition) is 2. The second kappa shape index (κ2) is 1.96. The average molecular weight is 123 g/mol. The Labute approximate surface area is 46.9 Å². The van der Waals surface area contributed by atoms with Crippen molar-refractivity contribution in [2.75, 3.05) is 7.11 Å². The third-order valence-corrected chi connectivity index (χ3v) is 1.22. The Morgan fingerprint density at radius 2 is 2.29 bits per heavy atom. The van der Waals surface area contributed by atoms with Crippen LogP contribution in [0, 0.1) is 0 Å². The van der Waals surface area contributed by atoms with Gasteiger partial charge in [-0.15, -0.1) is 11.6 Å². The van der Waals surface area contributed by atoms with Crippen LogP contribution in [-0.4, -0.2) is 18.8 Å². The molecule has 0 spiro atoms. The van der Waals surface area contributed by atoms with E-state index in [1.54, 1.807) is 7.11 Å². The molecule has 1 aliphatic heterocycles. The number of rotatable bonds is 1. The van der Waals surface area contributed by atoms with Crippen LogP contribution in [0.5, 0.6) is 0 Å². The van der Waals surface area contributed by atoms with Gasteiger partial charge in [-0.25, -0.2) is 10.9 Å². The molecule has 2 N–H and O–H groups in total. The van der Waals surface area contributed by atoms with Crippen LogP contribution in [0.4, 0.5) is 0 Å². The molecular weight excluding hydrogens is 115 g/mol. The molecule has 42 valence electrons. The first-order chi connectivity index (χ1) is 3.34. The summed E-state index contributed by atoms with van der Waals surface area (Å²) in [6, 6.07) is 0. The minimum atomic E-state index is -0.0648. The van der Waals surface area contributed by atoms with Crippen LogP contribution in [0.1, 0.15) is 0 Å². The van der Waals surface area contributed by atoms with Crippen LogP contribution in [-0.2, 0) is 4.74 Å². The van der Waals surface area contributed by atoms with Gasteiger partial charge in [0.15, 0.2) is 6.23 Å². The van der Waals surface area contributed by atoms with Crippen LogP contribution in [0.3, 0.4) is 0 Å². The van der Waals surface area contributed by atoms with Crippen molar-refractivity contribution >= 4 is 11.6 Å². The van der Waals surface area contributed by atoms with E-state index in [1.165, 1.54) is 0 Å². The second-order valence-corrected chi connectivity index (χ2v) is 1.82. The van der Waals surface area contributed by atoms with E-state index in [2.05, 4.69) is 10.9 Å². The second-order valence-electron chi connectivity index (χ2n) is 1.35. The van der Waals surface area contributed by atoms with Crippen LogP contribution < -0.4 is 10.9 Å². The van der Waals surface area contributed by atoms with E-state index in [0.29, 0.717) is 0 Å². The molecule has 0 aromatic heterocycles. The van der Waals surface area contributed by atoms with Crippen molar-refractivity contribution in [1.29, 1.82) is 0 Å². The Morgan fingerprint density at radius 3 is 2.29 bits per heavy atom. The highest BCUT2D eigenvalue weighted by Gasteiger charge is 2.26. The molecule has 0 amide bonds. The number of hydrogen-bond acceptors (Lipinski definition) is 3. The molecule has 1 fully saturated rings. The average Bonchev–Trinajstić information content (AvgIpc) is 1.65. The molecule has 7 heavy (non-hydrogen) atoms. The number of ether oxygens (including phenoxy) is 1. The highest BCUT2D eigenvalue weighted by atomic mass is 35.5. The monoisotopic (exact) mass is 122 g/mol. The molecule has 2 atom stereocenters. The smallest absolute Gasteiger partial charge is 0.150 e. The van der Waals surface area contributed by atoms with E-state index in [0.717, 1.165) is 0 Å². The van der Waals surface area contributed by atoms with Crippen LogP contribution >= 0.6 is 11.6 Å². The standard InChI is InChI=1S/C3H7ClN2O/c1-7-3-2(4)5-6-3/h2-3,5-6H,1H3/t2?,3-/m0/s1. The Balaban J connectivity index is 2.16. The summed E-state index contributed by atoms with van der Waals surface area (Å²) in [5, 5.41) is 0. The quantitative estimate of drug-likeness (QED) is 0.368. The van der Waals surface area contributed by atoms with Gasteiger partial charge in [-0.1, -0.05) is 0 Å². The summed E-state index contributed by atoms with van der Waals surface area (Å²) < 4.78 is 4.79. The van der Waals surface area contributed by atoms with Crippen LogP contribution in [0.2, 0.25) is 0 Å². The van der Waals surface area contributed by atoms with Gasteiger partial charge in [0.05, 0.1) is 0 Å². The largest absolute Gasteiger partial charge is 0.362 e. The van der Waals surface area contributed by atoms with Crippen molar-refractivity contribution in [3.05, 3.63) is 0 Å². The summed E-state index contributed by atoms with van der Waals surface area (Å²) in [4.78, 5) is 0. The summed E-state index contributed by atoms with van der Waals surface area (Å²) in [7, 11) is 1.61. The predicted octanol–water partition coefficient (Wildman–Crippen LogP) is -0.368. The predicted molar refractivity (Wildman–Crippen MR) is 26.7 cm³/mol. The first kappa shape index (κ1) is 5.31. The van der Waals surface area contributed by atoms with Crippen molar-refractivity contribution < 1.29 is 4.74 Å². The Bertz CT molecular complexity index is 68.0. The van der Waals surface area contributed by atoms with Gasteiger partial charge in [0.25, 0.3) is 0 Å². The van der Waals surface area contributed by atoms with E-state index in [4.69, 9.17) is 16.3 Å². The highest BCUT2D eigenvalue weighted by Crippen LogP contribution is 2.04. The van der Waals surface area contributed by atoms with Gasteiger partial charge in [0.2, 0.25) is 0 Å². The Morgan fingerprint density at radius 1 is 1.57 bits per heavy atom. The summed E-state index contributed by atoms with van der Waals surface area (Å²) in [6.07, 6.45) is -0.0123. The molecule has 0 aromatic rings. The third-order valence-electron chi connectivity index (χ3n) is 0.883. The maximum atomic E-state index is 5.52. The molecule has 0 radical (unpaired) electrons. The maximum absolute atomic E-state index is 5.52. The molecule has 0 bridgehead atoms. The minimum Gasteiger partial charge on any atom is -0.362 e. The number of hydrazine groups is 1. The van der Waals surface area contributed by atoms with Gasteiger partial charge in [-0.3, -0.25) is 0 Å². The van der Waals surface area contributed by atoms with Crippen molar-refractivity contribution in [2.24, 2.45) is 0 Å². The lowest BCUT2D eigenvalue weighted by atomic mass is 10.5. The molecule has 0 saturated carbocycles. The fourth-order valence-corrected chi connectivity index (χ4v) is 0.622. The normalized spacial score (nSPS) is 40.3. The van der Waals surface area contributed by atoms with Gasteiger partial charge in [0, 0.05) is 7.11 Å². The molecule has 3 nitrogen and oxygen atoms in total. The minimum absolute atomic E-state index is 0.0123. The van der Waals surface area contributed by atoms with Crippen molar-refractivity contribution in [2.45, 2.75) is 11.7 Å². The van der Waals surface area contributed by atoms with Crippen LogP contribution in [0.25, 0.3) is 0 Å². The zero-order valence-electron chi connectivity index (χ0n) is 3.94. The highest BCUT2D eigenvalue weighted by molar-refractivity contribution is 6.21. The molecule has 0 aromatic carbocycles. The first-order valence-corrected chi connectivity index (χ1v) is 2.46.